The summed E-state index contributed by atoms with van der Waals surface area (Å²) in [7, 11) is 0. The second-order valence-electron chi connectivity index (χ2n) is 4.42. The van der Waals surface area contributed by atoms with Gasteiger partial charge in [-0.2, -0.15) is 0 Å². The first-order valence-electron chi connectivity index (χ1n) is 6.04. The zero-order valence-corrected chi connectivity index (χ0v) is 11.2. The van der Waals surface area contributed by atoms with Gasteiger partial charge in [0.25, 0.3) is 0 Å². The molecule has 2 nitrogen and oxygen atoms in total. The Bertz CT molecular complexity index is 789. The van der Waals surface area contributed by atoms with Gasteiger partial charge in [0.05, 0.1) is 10.7 Å². The molecule has 3 aromatic rings. The van der Waals surface area contributed by atoms with E-state index in [0.717, 1.165) is 10.8 Å². The highest BCUT2D eigenvalue weighted by molar-refractivity contribution is 6.31. The summed E-state index contributed by atoms with van der Waals surface area (Å²) in [4.78, 5) is 0. The molecule has 0 amide bonds. The van der Waals surface area contributed by atoms with E-state index < -0.39 is 5.82 Å². The van der Waals surface area contributed by atoms with Crippen molar-refractivity contribution in [2.24, 2.45) is 0 Å². The van der Waals surface area contributed by atoms with E-state index in [4.69, 9.17) is 22.1 Å². The van der Waals surface area contributed by atoms with Crippen LogP contribution in [0, 0.1) is 5.82 Å². The predicted octanol–water partition coefficient (Wildman–Crippen LogP) is 5.01. The molecule has 0 aliphatic carbocycles. The highest BCUT2D eigenvalue weighted by Crippen LogP contribution is 2.32. The van der Waals surface area contributed by atoms with Gasteiger partial charge >= 0.3 is 0 Å². The Hall–Kier alpha value is -2.26. The fourth-order valence-electron chi connectivity index (χ4n) is 1.99. The molecular formula is C16H11ClFNO. The van der Waals surface area contributed by atoms with Crippen LogP contribution in [0.4, 0.5) is 10.1 Å². The molecule has 0 aromatic heterocycles. The van der Waals surface area contributed by atoms with Crippen molar-refractivity contribution in [1.29, 1.82) is 0 Å². The van der Waals surface area contributed by atoms with Gasteiger partial charge in [0.2, 0.25) is 0 Å². The molecule has 0 heterocycles. The normalized spacial score (nSPS) is 10.7. The number of nitrogen functional groups attached to an aromatic ring is 1. The summed E-state index contributed by atoms with van der Waals surface area (Å²) in [5.41, 5.74) is 6.07. The summed E-state index contributed by atoms with van der Waals surface area (Å²) in [6.07, 6.45) is 0. The van der Waals surface area contributed by atoms with Crippen molar-refractivity contribution >= 4 is 28.1 Å². The molecule has 20 heavy (non-hydrogen) atoms. The Kier molecular flexibility index (Phi) is 3.20. The number of halogens is 2. The Balaban J connectivity index is 1.99. The van der Waals surface area contributed by atoms with Crippen LogP contribution in [-0.2, 0) is 0 Å². The summed E-state index contributed by atoms with van der Waals surface area (Å²) < 4.78 is 19.1. The fraction of sp³-hybridized carbons (Fsp3) is 0. The maximum Gasteiger partial charge on any atom is 0.153 e. The van der Waals surface area contributed by atoms with Gasteiger partial charge in [-0.25, -0.2) is 4.39 Å². The molecule has 3 aromatic carbocycles. The van der Waals surface area contributed by atoms with Gasteiger partial charge in [-0.15, -0.1) is 0 Å². The lowest BCUT2D eigenvalue weighted by Gasteiger charge is -2.10. The van der Waals surface area contributed by atoms with Crippen LogP contribution in [0.25, 0.3) is 10.8 Å². The third kappa shape index (κ3) is 2.40. The lowest BCUT2D eigenvalue weighted by molar-refractivity contribution is 0.480. The van der Waals surface area contributed by atoms with Crippen LogP contribution in [0.5, 0.6) is 11.5 Å². The van der Waals surface area contributed by atoms with Crippen molar-refractivity contribution in [1.82, 2.24) is 0 Å². The zero-order valence-electron chi connectivity index (χ0n) is 10.4. The summed E-state index contributed by atoms with van der Waals surface area (Å²) >= 11 is 5.66. The minimum Gasteiger partial charge on any atom is -0.455 e. The summed E-state index contributed by atoms with van der Waals surface area (Å²) in [5.74, 6) is 0.288. The maximum absolute atomic E-state index is 13.4. The van der Waals surface area contributed by atoms with E-state index in [2.05, 4.69) is 0 Å². The second-order valence-corrected chi connectivity index (χ2v) is 4.82. The van der Waals surface area contributed by atoms with Gasteiger partial charge in [0.1, 0.15) is 11.6 Å². The Morgan fingerprint density at radius 1 is 0.950 bits per heavy atom. The smallest absolute Gasteiger partial charge is 0.153 e. The molecule has 0 aliphatic rings. The summed E-state index contributed by atoms with van der Waals surface area (Å²) in [5, 5.41) is 2.13. The standard InChI is InChI=1S/C16H11ClFNO/c17-13-8-15(19)16(9-14(13)18)20-12-6-5-10-3-1-2-4-11(10)7-12/h1-9H,19H2. The van der Waals surface area contributed by atoms with Crippen LogP contribution < -0.4 is 10.5 Å². The minimum atomic E-state index is -0.559. The SMILES string of the molecule is Nc1cc(Cl)c(F)cc1Oc1ccc2ccccc2c1. The van der Waals surface area contributed by atoms with E-state index in [9.17, 15) is 4.39 Å². The average molecular weight is 288 g/mol. The van der Waals surface area contributed by atoms with Gasteiger partial charge in [0.15, 0.2) is 5.75 Å². The minimum absolute atomic E-state index is 0.0200. The molecular weight excluding hydrogens is 277 g/mol. The Labute approximate surface area is 120 Å². The van der Waals surface area contributed by atoms with Crippen LogP contribution >= 0.6 is 11.6 Å². The highest BCUT2D eigenvalue weighted by atomic mass is 35.5. The summed E-state index contributed by atoms with van der Waals surface area (Å²) in [6, 6.07) is 16.1. The van der Waals surface area contributed by atoms with E-state index in [1.807, 2.05) is 42.5 Å². The third-order valence-electron chi connectivity index (χ3n) is 3.00. The van der Waals surface area contributed by atoms with E-state index >= 15 is 0 Å². The van der Waals surface area contributed by atoms with E-state index in [1.54, 1.807) is 0 Å². The third-order valence-corrected chi connectivity index (χ3v) is 3.29. The number of hydrogen-bond acceptors (Lipinski definition) is 2. The largest absolute Gasteiger partial charge is 0.455 e. The molecule has 0 saturated carbocycles. The molecule has 0 aliphatic heterocycles. The monoisotopic (exact) mass is 287 g/mol. The van der Waals surface area contributed by atoms with Gasteiger partial charge in [0, 0.05) is 6.07 Å². The number of anilines is 1. The number of rotatable bonds is 2. The van der Waals surface area contributed by atoms with E-state index in [1.165, 1.54) is 12.1 Å². The van der Waals surface area contributed by atoms with Crippen molar-refractivity contribution in [3.63, 3.8) is 0 Å². The molecule has 0 fully saturated rings. The first kappa shape index (κ1) is 12.8. The van der Waals surface area contributed by atoms with Crippen molar-refractivity contribution in [3.8, 4) is 11.5 Å². The lowest BCUT2D eigenvalue weighted by Crippen LogP contribution is -1.94. The van der Waals surface area contributed by atoms with Crippen molar-refractivity contribution < 1.29 is 9.13 Å². The molecule has 3 rings (SSSR count). The number of hydrogen-bond donors (Lipinski definition) is 1. The Morgan fingerprint density at radius 3 is 2.50 bits per heavy atom. The maximum atomic E-state index is 13.4. The second kappa shape index (κ2) is 5.02. The van der Waals surface area contributed by atoms with Crippen LogP contribution in [0.3, 0.4) is 0 Å². The molecule has 0 radical (unpaired) electrons. The van der Waals surface area contributed by atoms with Crippen LogP contribution in [0.15, 0.2) is 54.6 Å². The first-order valence-corrected chi connectivity index (χ1v) is 6.42. The highest BCUT2D eigenvalue weighted by Gasteiger charge is 2.08. The fourth-order valence-corrected chi connectivity index (χ4v) is 2.16. The predicted molar refractivity (Wildman–Crippen MR) is 79.8 cm³/mol. The Morgan fingerprint density at radius 2 is 1.70 bits per heavy atom. The van der Waals surface area contributed by atoms with Crippen LogP contribution in [-0.4, -0.2) is 0 Å². The molecule has 4 heteroatoms. The zero-order chi connectivity index (χ0) is 14.1. The van der Waals surface area contributed by atoms with Gasteiger partial charge in [-0.1, -0.05) is 41.9 Å². The molecule has 0 unspecified atom stereocenters. The van der Waals surface area contributed by atoms with Crippen molar-refractivity contribution in [2.45, 2.75) is 0 Å². The molecule has 0 saturated heterocycles. The van der Waals surface area contributed by atoms with Crippen molar-refractivity contribution in [2.75, 3.05) is 5.73 Å². The van der Waals surface area contributed by atoms with Gasteiger partial charge in [-0.3, -0.25) is 0 Å². The van der Waals surface area contributed by atoms with Crippen molar-refractivity contribution in [3.05, 3.63) is 65.4 Å². The lowest BCUT2D eigenvalue weighted by atomic mass is 10.1. The first-order chi connectivity index (χ1) is 9.63. The number of nitrogens with two attached hydrogens (primary N) is 1. The number of ether oxygens (including phenoxy) is 1. The average Bonchev–Trinajstić information content (AvgIpc) is 2.44. The van der Waals surface area contributed by atoms with E-state index in [-0.39, 0.29) is 10.8 Å². The quantitative estimate of drug-likeness (QED) is 0.673. The van der Waals surface area contributed by atoms with Gasteiger partial charge in [-0.05, 0) is 29.0 Å². The number of benzene rings is 3. The number of fused-ring (bicyclic) bond motifs is 1. The topological polar surface area (TPSA) is 35.2 Å². The molecule has 0 spiro atoms. The summed E-state index contributed by atoms with van der Waals surface area (Å²) in [6.45, 7) is 0. The van der Waals surface area contributed by atoms with E-state index in [0.29, 0.717) is 11.4 Å². The van der Waals surface area contributed by atoms with Crippen LogP contribution in [0.2, 0.25) is 5.02 Å². The molecule has 2 N–H and O–H groups in total. The molecule has 0 atom stereocenters. The van der Waals surface area contributed by atoms with Crippen LogP contribution in [0.1, 0.15) is 0 Å². The molecule has 100 valence electrons. The molecule has 0 bridgehead atoms. The van der Waals surface area contributed by atoms with Gasteiger partial charge < -0.3 is 10.5 Å².